The number of nitrogens with one attached hydrogen (secondary N) is 1. The third-order valence-electron chi connectivity index (χ3n) is 3.92. The minimum atomic E-state index is -0.618. The number of hydrogen-bond donors (Lipinski definition) is 3. The van der Waals surface area contributed by atoms with Crippen LogP contribution in [-0.4, -0.2) is 41.5 Å². The number of pyridine rings is 1. The Hall–Kier alpha value is -3.49. The number of nitrogens with zero attached hydrogens (tertiary/aromatic N) is 2. The predicted molar refractivity (Wildman–Crippen MR) is 96.7 cm³/mol. The second-order valence-electron chi connectivity index (χ2n) is 5.83. The molecule has 0 radical (unpaired) electrons. The molecule has 0 aliphatic carbocycles. The molecule has 27 heavy (non-hydrogen) atoms. The SMILES string of the molecule is N/C(=C\C=C(/N)NC(=O)CN1CCCC(C=O)=C1C=O)c1ccc(F)nc1. The number of hydrogen-bond acceptors (Lipinski definition) is 7. The first-order valence-electron chi connectivity index (χ1n) is 8.17. The molecule has 0 unspecified atom stereocenters. The fourth-order valence-corrected chi connectivity index (χ4v) is 2.58. The highest BCUT2D eigenvalue weighted by Crippen LogP contribution is 2.19. The molecule has 1 aliphatic heterocycles. The van der Waals surface area contributed by atoms with Crippen LogP contribution in [0.2, 0.25) is 0 Å². The zero-order chi connectivity index (χ0) is 19.8. The van der Waals surface area contributed by atoms with Crippen molar-refractivity contribution in [2.45, 2.75) is 12.8 Å². The predicted octanol–water partition coefficient (Wildman–Crippen LogP) is 0.184. The lowest BCUT2D eigenvalue weighted by Crippen LogP contribution is -2.40. The van der Waals surface area contributed by atoms with E-state index in [0.717, 1.165) is 0 Å². The average molecular weight is 373 g/mol. The van der Waals surface area contributed by atoms with Crippen molar-refractivity contribution in [1.29, 1.82) is 0 Å². The number of amides is 1. The first-order chi connectivity index (χ1) is 12.9. The summed E-state index contributed by atoms with van der Waals surface area (Å²) in [5, 5.41) is 2.48. The van der Waals surface area contributed by atoms with Gasteiger partial charge < -0.3 is 21.7 Å². The van der Waals surface area contributed by atoms with Gasteiger partial charge in [-0.2, -0.15) is 4.39 Å². The Labute approximate surface area is 155 Å². The normalized spacial score (nSPS) is 15.5. The number of nitrogens with two attached hydrogens (primary N) is 2. The summed E-state index contributed by atoms with van der Waals surface area (Å²) in [7, 11) is 0. The van der Waals surface area contributed by atoms with Crippen LogP contribution in [-0.2, 0) is 14.4 Å². The van der Waals surface area contributed by atoms with E-state index in [4.69, 9.17) is 11.5 Å². The molecule has 0 fully saturated rings. The van der Waals surface area contributed by atoms with E-state index in [1.807, 2.05) is 0 Å². The fourth-order valence-electron chi connectivity index (χ4n) is 2.58. The molecule has 1 aromatic rings. The second-order valence-corrected chi connectivity index (χ2v) is 5.83. The summed E-state index contributed by atoms with van der Waals surface area (Å²) in [4.78, 5) is 39.4. The van der Waals surface area contributed by atoms with E-state index in [1.165, 1.54) is 35.4 Å². The summed E-state index contributed by atoms with van der Waals surface area (Å²) in [6, 6.07) is 2.64. The third-order valence-corrected chi connectivity index (χ3v) is 3.92. The molecule has 1 amide bonds. The van der Waals surface area contributed by atoms with Crippen LogP contribution in [0.25, 0.3) is 5.70 Å². The van der Waals surface area contributed by atoms with E-state index in [0.29, 0.717) is 43.1 Å². The molecule has 142 valence electrons. The number of halogens is 1. The minimum absolute atomic E-state index is 0.0438. The van der Waals surface area contributed by atoms with Crippen LogP contribution in [0, 0.1) is 5.95 Å². The maximum atomic E-state index is 12.8. The van der Waals surface area contributed by atoms with Crippen molar-refractivity contribution < 1.29 is 18.8 Å². The molecule has 0 aromatic carbocycles. The highest BCUT2D eigenvalue weighted by Gasteiger charge is 2.21. The monoisotopic (exact) mass is 373 g/mol. The zero-order valence-corrected chi connectivity index (χ0v) is 14.5. The smallest absolute Gasteiger partial charge is 0.244 e. The largest absolute Gasteiger partial charge is 0.398 e. The summed E-state index contributed by atoms with van der Waals surface area (Å²) in [5.41, 5.74) is 13.0. The Morgan fingerprint density at radius 1 is 1.26 bits per heavy atom. The molecular weight excluding hydrogens is 353 g/mol. The summed E-state index contributed by atoms with van der Waals surface area (Å²) < 4.78 is 12.8. The van der Waals surface area contributed by atoms with Gasteiger partial charge in [-0.15, -0.1) is 0 Å². The Kier molecular flexibility index (Phi) is 6.81. The van der Waals surface area contributed by atoms with Crippen LogP contribution >= 0.6 is 0 Å². The lowest BCUT2D eigenvalue weighted by atomic mass is 10.0. The molecule has 2 heterocycles. The van der Waals surface area contributed by atoms with Gasteiger partial charge in [0.05, 0.1) is 12.2 Å². The topological polar surface area (TPSA) is 131 Å². The van der Waals surface area contributed by atoms with Gasteiger partial charge in [0.2, 0.25) is 11.9 Å². The van der Waals surface area contributed by atoms with Crippen molar-refractivity contribution in [3.05, 3.63) is 59.1 Å². The van der Waals surface area contributed by atoms with Crippen LogP contribution in [0.3, 0.4) is 0 Å². The zero-order valence-electron chi connectivity index (χ0n) is 14.5. The number of aromatic nitrogens is 1. The standard InChI is InChI=1S/C18H20FN5O3/c19-16-5-3-12(8-22-16)14(20)4-6-17(21)23-18(27)9-24-7-1-2-13(10-25)15(24)11-26/h3-6,8,10-11H,1-2,7,9,20-21H2,(H,23,27)/b14-4-,17-6+. The van der Waals surface area contributed by atoms with Crippen LogP contribution < -0.4 is 16.8 Å². The van der Waals surface area contributed by atoms with E-state index in [9.17, 15) is 18.8 Å². The maximum absolute atomic E-state index is 12.8. The number of allylic oxidation sites excluding steroid dienone is 4. The molecule has 9 heteroatoms. The van der Waals surface area contributed by atoms with Gasteiger partial charge in [-0.25, -0.2) is 4.98 Å². The fraction of sp³-hybridized carbons (Fsp3) is 0.222. The molecule has 0 atom stereocenters. The highest BCUT2D eigenvalue weighted by molar-refractivity contribution is 5.88. The molecule has 0 spiro atoms. The van der Waals surface area contributed by atoms with Crippen molar-refractivity contribution in [2.75, 3.05) is 13.1 Å². The van der Waals surface area contributed by atoms with E-state index in [1.54, 1.807) is 0 Å². The van der Waals surface area contributed by atoms with Gasteiger partial charge in [-0.05, 0) is 37.1 Å². The van der Waals surface area contributed by atoms with Crippen molar-refractivity contribution >= 4 is 24.2 Å². The van der Waals surface area contributed by atoms with E-state index >= 15 is 0 Å². The summed E-state index contributed by atoms with van der Waals surface area (Å²) in [5.74, 6) is -1.01. The van der Waals surface area contributed by atoms with E-state index < -0.39 is 11.9 Å². The van der Waals surface area contributed by atoms with Gasteiger partial charge >= 0.3 is 0 Å². The van der Waals surface area contributed by atoms with Gasteiger partial charge in [-0.3, -0.25) is 14.4 Å². The molecule has 1 aliphatic rings. The van der Waals surface area contributed by atoms with Crippen LogP contribution in [0.5, 0.6) is 0 Å². The van der Waals surface area contributed by atoms with Gasteiger partial charge in [0.15, 0.2) is 6.29 Å². The minimum Gasteiger partial charge on any atom is -0.398 e. The Morgan fingerprint density at radius 2 is 2.04 bits per heavy atom. The quantitative estimate of drug-likeness (QED) is 0.353. The highest BCUT2D eigenvalue weighted by atomic mass is 19.1. The summed E-state index contributed by atoms with van der Waals surface area (Å²) in [6.45, 7) is 0.383. The second kappa shape index (κ2) is 9.27. The van der Waals surface area contributed by atoms with E-state index in [2.05, 4.69) is 10.3 Å². The number of carbonyl (C=O) groups excluding carboxylic acids is 3. The van der Waals surface area contributed by atoms with Gasteiger partial charge in [-0.1, -0.05) is 0 Å². The lowest BCUT2D eigenvalue weighted by molar-refractivity contribution is -0.121. The molecule has 0 bridgehead atoms. The van der Waals surface area contributed by atoms with E-state index in [-0.39, 0.29) is 23.8 Å². The van der Waals surface area contributed by atoms with Crippen molar-refractivity contribution in [2.24, 2.45) is 11.5 Å². The van der Waals surface area contributed by atoms with Crippen LogP contribution in [0.15, 0.2) is 47.6 Å². The van der Waals surface area contributed by atoms with Crippen LogP contribution in [0.4, 0.5) is 4.39 Å². The van der Waals surface area contributed by atoms with Crippen molar-refractivity contribution in [3.8, 4) is 0 Å². The maximum Gasteiger partial charge on any atom is 0.244 e. The van der Waals surface area contributed by atoms with Gasteiger partial charge in [0.25, 0.3) is 0 Å². The summed E-state index contributed by atoms with van der Waals surface area (Å²) >= 11 is 0. The summed E-state index contributed by atoms with van der Waals surface area (Å²) in [6.07, 6.45) is 6.52. The van der Waals surface area contributed by atoms with Crippen LogP contribution in [0.1, 0.15) is 18.4 Å². The first kappa shape index (κ1) is 19.8. The molecule has 0 saturated carbocycles. The molecule has 1 aromatic heterocycles. The lowest BCUT2D eigenvalue weighted by Gasteiger charge is -2.28. The molecular formula is C18H20FN5O3. The van der Waals surface area contributed by atoms with Gasteiger partial charge in [0.1, 0.15) is 12.1 Å². The average Bonchev–Trinajstić information content (AvgIpc) is 2.66. The Bertz CT molecular complexity index is 815. The van der Waals surface area contributed by atoms with Crippen molar-refractivity contribution in [1.82, 2.24) is 15.2 Å². The number of carbonyl (C=O) groups is 3. The number of rotatable bonds is 7. The number of aldehydes is 2. The van der Waals surface area contributed by atoms with Gasteiger partial charge in [0, 0.05) is 29.6 Å². The first-order valence-corrected chi connectivity index (χ1v) is 8.17. The Morgan fingerprint density at radius 3 is 2.67 bits per heavy atom. The third kappa shape index (κ3) is 5.50. The van der Waals surface area contributed by atoms with Crippen molar-refractivity contribution in [3.63, 3.8) is 0 Å². The molecule has 5 N–H and O–H groups in total. The Balaban J connectivity index is 1.99. The molecule has 8 nitrogen and oxygen atoms in total. The molecule has 2 rings (SSSR count). The molecule has 0 saturated heterocycles.